The van der Waals surface area contributed by atoms with Gasteiger partial charge in [0.15, 0.2) is 10.7 Å². The zero-order valence-corrected chi connectivity index (χ0v) is 22.9. The zero-order chi connectivity index (χ0) is 25.7. The van der Waals surface area contributed by atoms with Gasteiger partial charge in [-0.1, -0.05) is 26.0 Å². The van der Waals surface area contributed by atoms with Crippen molar-refractivity contribution in [3.63, 3.8) is 0 Å². The average molecular weight is 516 g/mol. The van der Waals surface area contributed by atoms with E-state index in [2.05, 4.69) is 36.6 Å². The molecule has 37 heavy (non-hydrogen) atoms. The second-order valence-electron chi connectivity index (χ2n) is 12.2. The highest BCUT2D eigenvalue weighted by Crippen LogP contribution is 2.61. The number of rotatable bonds is 6. The summed E-state index contributed by atoms with van der Waals surface area (Å²) in [6.45, 7) is 6.45. The van der Waals surface area contributed by atoms with Crippen LogP contribution in [0.4, 0.5) is 5.69 Å². The van der Waals surface area contributed by atoms with Crippen LogP contribution in [0, 0.1) is 30.1 Å². The van der Waals surface area contributed by atoms with Gasteiger partial charge in [0.05, 0.1) is 0 Å². The van der Waals surface area contributed by atoms with Crippen LogP contribution in [-0.4, -0.2) is 16.0 Å². The van der Waals surface area contributed by atoms with Gasteiger partial charge in [-0.15, -0.1) is 0 Å². The van der Waals surface area contributed by atoms with Crippen LogP contribution in [0.25, 0.3) is 22.6 Å². The molecular formula is C31H37N3O2S. The Morgan fingerprint density at radius 1 is 1.11 bits per heavy atom. The van der Waals surface area contributed by atoms with Gasteiger partial charge in [0.2, 0.25) is 11.8 Å². The lowest BCUT2D eigenvalue weighted by Gasteiger charge is -2.56. The van der Waals surface area contributed by atoms with Crippen LogP contribution >= 0.6 is 12.2 Å². The second-order valence-corrected chi connectivity index (χ2v) is 12.6. The number of thiocarbonyl (C=S) groups is 1. The Bertz CT molecular complexity index is 1320. The molecule has 4 fully saturated rings. The summed E-state index contributed by atoms with van der Waals surface area (Å²) in [7, 11) is 0. The van der Waals surface area contributed by atoms with Crippen molar-refractivity contribution in [3.8, 4) is 11.5 Å². The maximum atomic E-state index is 13.0. The highest BCUT2D eigenvalue weighted by atomic mass is 32.1. The topological polar surface area (TPSA) is 67.2 Å². The third-order valence-electron chi connectivity index (χ3n) is 9.28. The molecule has 4 saturated carbocycles. The summed E-state index contributed by atoms with van der Waals surface area (Å²) in [5.41, 5.74) is 5.89. The van der Waals surface area contributed by atoms with Gasteiger partial charge in [-0.05, 0) is 129 Å². The standard InChI is InChI=1S/C31H37N3O2S/c1-4-18(2)23-7-8-27-26(12-23)32-29(36-27)24-6-5-19(3)25(13-24)33-30(37)34-28(35)17-31-14-20-9-21(15-31)11-22(10-20)16-31/h5-8,12-13,18,20-22H,4,9-11,14-17H2,1-3H3,(H2,33,34,35,37). The van der Waals surface area contributed by atoms with E-state index in [-0.39, 0.29) is 11.3 Å². The smallest absolute Gasteiger partial charge is 0.227 e. The van der Waals surface area contributed by atoms with Crippen molar-refractivity contribution in [1.29, 1.82) is 0 Å². The molecule has 0 saturated heterocycles. The van der Waals surface area contributed by atoms with Crippen LogP contribution in [0.5, 0.6) is 0 Å². The van der Waals surface area contributed by atoms with E-state index in [1.807, 2.05) is 31.2 Å². The molecule has 2 N–H and O–H groups in total. The van der Waals surface area contributed by atoms with E-state index in [0.717, 1.165) is 52.1 Å². The quantitative estimate of drug-likeness (QED) is 0.329. The Morgan fingerprint density at radius 3 is 2.49 bits per heavy atom. The van der Waals surface area contributed by atoms with Crippen molar-refractivity contribution in [2.45, 2.75) is 78.1 Å². The molecule has 1 heterocycles. The largest absolute Gasteiger partial charge is 0.436 e. The molecule has 4 aliphatic carbocycles. The number of hydrogen-bond acceptors (Lipinski definition) is 4. The maximum absolute atomic E-state index is 13.0. The molecule has 4 aliphatic rings. The maximum Gasteiger partial charge on any atom is 0.227 e. The molecule has 0 spiro atoms. The van der Waals surface area contributed by atoms with Gasteiger partial charge in [0.25, 0.3) is 0 Å². The lowest BCUT2D eigenvalue weighted by Crippen LogP contribution is -2.48. The summed E-state index contributed by atoms with van der Waals surface area (Å²) in [4.78, 5) is 17.8. The molecule has 0 aliphatic heterocycles. The van der Waals surface area contributed by atoms with Crippen molar-refractivity contribution in [2.75, 3.05) is 5.32 Å². The van der Waals surface area contributed by atoms with Gasteiger partial charge in [-0.2, -0.15) is 0 Å². The summed E-state index contributed by atoms with van der Waals surface area (Å²) >= 11 is 5.56. The lowest BCUT2D eigenvalue weighted by molar-refractivity contribution is -0.127. The van der Waals surface area contributed by atoms with Gasteiger partial charge < -0.3 is 15.1 Å². The summed E-state index contributed by atoms with van der Waals surface area (Å²) in [5, 5.41) is 6.58. The number of carbonyl (C=O) groups is 1. The van der Waals surface area contributed by atoms with E-state index in [1.54, 1.807) is 0 Å². The van der Waals surface area contributed by atoms with Crippen molar-refractivity contribution in [3.05, 3.63) is 47.5 Å². The molecule has 4 bridgehead atoms. The average Bonchev–Trinajstić information content (AvgIpc) is 3.27. The fourth-order valence-corrected chi connectivity index (χ4v) is 7.90. The second kappa shape index (κ2) is 9.54. The molecule has 1 amide bonds. The van der Waals surface area contributed by atoms with Gasteiger partial charge >= 0.3 is 0 Å². The minimum atomic E-state index is 0.0457. The first-order chi connectivity index (χ1) is 17.8. The van der Waals surface area contributed by atoms with E-state index < -0.39 is 0 Å². The lowest BCUT2D eigenvalue weighted by atomic mass is 9.49. The Kier molecular flexibility index (Phi) is 6.34. The molecule has 1 unspecified atom stereocenters. The van der Waals surface area contributed by atoms with Crippen LogP contribution in [0.3, 0.4) is 0 Å². The first-order valence-corrected chi connectivity index (χ1v) is 14.3. The fraction of sp³-hybridized carbons (Fsp3) is 0.516. The normalized spacial score (nSPS) is 26.8. The Morgan fingerprint density at radius 2 is 1.81 bits per heavy atom. The van der Waals surface area contributed by atoms with Crippen LogP contribution in [0.1, 0.15) is 82.3 Å². The Labute approximate surface area is 224 Å². The third-order valence-corrected chi connectivity index (χ3v) is 9.48. The monoisotopic (exact) mass is 515 g/mol. The number of nitrogens with one attached hydrogen (secondary N) is 2. The minimum absolute atomic E-state index is 0.0457. The number of amides is 1. The molecule has 6 heteroatoms. The molecule has 7 rings (SSSR count). The molecule has 1 aromatic heterocycles. The van der Waals surface area contributed by atoms with Gasteiger partial charge in [0.1, 0.15) is 5.52 Å². The highest BCUT2D eigenvalue weighted by Gasteiger charge is 2.51. The van der Waals surface area contributed by atoms with Gasteiger partial charge in [-0.25, -0.2) is 4.98 Å². The number of anilines is 1. The zero-order valence-electron chi connectivity index (χ0n) is 22.1. The number of aryl methyl sites for hydroxylation is 1. The number of nitrogens with zero attached hydrogens (tertiary/aromatic N) is 1. The predicted octanol–water partition coefficient (Wildman–Crippen LogP) is 7.74. The van der Waals surface area contributed by atoms with Crippen LogP contribution in [0.15, 0.2) is 40.8 Å². The van der Waals surface area contributed by atoms with E-state index in [9.17, 15) is 4.79 Å². The van der Waals surface area contributed by atoms with E-state index in [1.165, 1.54) is 44.1 Å². The summed E-state index contributed by atoms with van der Waals surface area (Å²) in [6.07, 6.45) is 9.49. The number of oxazole rings is 1. The predicted molar refractivity (Wildman–Crippen MR) is 152 cm³/mol. The number of hydrogen-bond donors (Lipinski definition) is 2. The molecule has 1 atom stereocenters. The summed E-state index contributed by atoms with van der Waals surface area (Å²) in [6, 6.07) is 12.3. The first-order valence-electron chi connectivity index (χ1n) is 13.9. The van der Waals surface area contributed by atoms with Crippen molar-refractivity contribution >= 4 is 40.0 Å². The minimum Gasteiger partial charge on any atom is -0.436 e. The van der Waals surface area contributed by atoms with Crippen molar-refractivity contribution in [1.82, 2.24) is 10.3 Å². The molecule has 2 aromatic carbocycles. The highest BCUT2D eigenvalue weighted by molar-refractivity contribution is 7.80. The first kappa shape index (κ1) is 24.6. The summed E-state index contributed by atoms with van der Waals surface area (Å²) < 4.78 is 6.08. The van der Waals surface area contributed by atoms with E-state index in [4.69, 9.17) is 21.6 Å². The number of aromatic nitrogens is 1. The fourth-order valence-electron chi connectivity index (χ4n) is 7.67. The van der Waals surface area contributed by atoms with Gasteiger partial charge in [-0.3, -0.25) is 4.79 Å². The van der Waals surface area contributed by atoms with Crippen LogP contribution in [0.2, 0.25) is 0 Å². The third kappa shape index (κ3) is 4.93. The van der Waals surface area contributed by atoms with Crippen LogP contribution in [-0.2, 0) is 4.79 Å². The molecule has 5 nitrogen and oxygen atoms in total. The number of fused-ring (bicyclic) bond motifs is 1. The molecule has 194 valence electrons. The van der Waals surface area contributed by atoms with Crippen molar-refractivity contribution in [2.24, 2.45) is 23.2 Å². The van der Waals surface area contributed by atoms with E-state index >= 15 is 0 Å². The van der Waals surface area contributed by atoms with Crippen molar-refractivity contribution < 1.29 is 9.21 Å². The molecule has 0 radical (unpaired) electrons. The number of benzene rings is 2. The molecular weight excluding hydrogens is 478 g/mol. The molecule has 3 aromatic rings. The Balaban J connectivity index is 1.13. The van der Waals surface area contributed by atoms with Gasteiger partial charge in [0, 0.05) is 17.7 Å². The Hall–Kier alpha value is -2.73. The summed E-state index contributed by atoms with van der Waals surface area (Å²) in [5.74, 6) is 3.62. The number of carbonyl (C=O) groups excluding carboxylic acids is 1. The van der Waals surface area contributed by atoms with Crippen LogP contribution < -0.4 is 10.6 Å². The van der Waals surface area contributed by atoms with E-state index in [0.29, 0.717) is 23.3 Å². The SMILES string of the molecule is CCC(C)c1ccc2oc(-c3ccc(C)c(NC(=S)NC(=O)CC45CC6CC(CC(C6)C4)C5)c3)nc2c1.